The molecule has 0 spiro atoms. The zero-order chi connectivity index (χ0) is 13.5. The van der Waals surface area contributed by atoms with Crippen LogP contribution in [0.25, 0.3) is 0 Å². The molecule has 0 unspecified atom stereocenters. The smallest absolute Gasteiger partial charge is 0.236 e. The molecule has 0 aromatic carbocycles. The number of nitrogens with two attached hydrogens (primary N) is 2. The second-order valence-corrected chi connectivity index (χ2v) is 4.63. The van der Waals surface area contributed by atoms with E-state index in [4.69, 9.17) is 16.2 Å². The first-order chi connectivity index (χ1) is 8.60. The summed E-state index contributed by atoms with van der Waals surface area (Å²) in [7, 11) is 0. The summed E-state index contributed by atoms with van der Waals surface area (Å²) in [6, 6.07) is 0. The van der Waals surface area contributed by atoms with Crippen LogP contribution in [0.5, 0.6) is 5.75 Å². The van der Waals surface area contributed by atoms with Gasteiger partial charge < -0.3 is 21.1 Å². The largest absolute Gasteiger partial charge is 0.487 e. The third-order valence-electron chi connectivity index (χ3n) is 2.36. The van der Waals surface area contributed by atoms with Crippen LogP contribution in [0.1, 0.15) is 26.7 Å². The Bertz CT molecular complexity index is 394. The number of nitrogens with zero attached hydrogens (tertiary/aromatic N) is 2. The van der Waals surface area contributed by atoms with Gasteiger partial charge in [0.2, 0.25) is 5.91 Å². The lowest BCUT2D eigenvalue weighted by Gasteiger charge is -2.21. The monoisotopic (exact) mass is 272 g/mol. The number of hydrogen-bond donors (Lipinski definition) is 2. The molecule has 102 valence electrons. The van der Waals surface area contributed by atoms with Gasteiger partial charge in [-0.05, 0) is 24.9 Å². The van der Waals surface area contributed by atoms with Gasteiger partial charge in [0.05, 0.1) is 13.2 Å². The van der Waals surface area contributed by atoms with E-state index in [1.54, 1.807) is 0 Å². The standard InChI is InChI=1S/C11H20N4O2S/c1-3-5-6-15(7-8(12)16)11-9(17-4-2)10(13)14-18-11/h3-7H2,1-2H3,(H2,12,16)(H2,13,14). The average molecular weight is 272 g/mol. The number of aromatic nitrogens is 1. The van der Waals surface area contributed by atoms with E-state index < -0.39 is 0 Å². The SMILES string of the molecule is CCCCN(CC(N)=O)c1snc(N)c1OCC. The molecule has 1 aromatic heterocycles. The molecule has 0 aliphatic carbocycles. The van der Waals surface area contributed by atoms with Crippen molar-refractivity contribution in [1.82, 2.24) is 4.37 Å². The highest BCUT2D eigenvalue weighted by Gasteiger charge is 2.20. The van der Waals surface area contributed by atoms with E-state index in [-0.39, 0.29) is 12.5 Å². The molecule has 0 saturated heterocycles. The number of anilines is 2. The third-order valence-corrected chi connectivity index (χ3v) is 3.27. The number of ether oxygens (including phenoxy) is 1. The Hall–Kier alpha value is -1.50. The Labute approximate surface area is 111 Å². The molecule has 0 aliphatic heterocycles. The Balaban J connectivity index is 2.92. The van der Waals surface area contributed by atoms with Gasteiger partial charge in [0.1, 0.15) is 0 Å². The molecule has 6 nitrogen and oxygen atoms in total. The molecular weight excluding hydrogens is 252 g/mol. The number of carbonyl (C=O) groups is 1. The molecular formula is C11H20N4O2S. The predicted octanol–water partition coefficient (Wildman–Crippen LogP) is 1.22. The average Bonchev–Trinajstić information content (AvgIpc) is 2.67. The normalized spacial score (nSPS) is 10.3. The summed E-state index contributed by atoms with van der Waals surface area (Å²) in [6.45, 7) is 5.37. The van der Waals surface area contributed by atoms with Crippen LogP contribution in [-0.2, 0) is 4.79 Å². The molecule has 1 aromatic rings. The molecule has 4 N–H and O–H groups in total. The fourth-order valence-electron chi connectivity index (χ4n) is 1.56. The van der Waals surface area contributed by atoms with Gasteiger partial charge >= 0.3 is 0 Å². The van der Waals surface area contributed by atoms with Crippen molar-refractivity contribution >= 4 is 28.3 Å². The van der Waals surface area contributed by atoms with Crippen LogP contribution < -0.4 is 21.1 Å². The van der Waals surface area contributed by atoms with Crippen LogP contribution in [0.3, 0.4) is 0 Å². The zero-order valence-corrected chi connectivity index (χ0v) is 11.6. The lowest BCUT2D eigenvalue weighted by atomic mass is 10.3. The topological polar surface area (TPSA) is 94.5 Å². The lowest BCUT2D eigenvalue weighted by molar-refractivity contribution is -0.116. The zero-order valence-electron chi connectivity index (χ0n) is 10.8. The third kappa shape index (κ3) is 3.76. The van der Waals surface area contributed by atoms with Crippen LogP contribution in [0.15, 0.2) is 0 Å². The van der Waals surface area contributed by atoms with E-state index >= 15 is 0 Å². The molecule has 0 radical (unpaired) electrons. The van der Waals surface area contributed by atoms with Gasteiger partial charge in [-0.1, -0.05) is 13.3 Å². The van der Waals surface area contributed by atoms with Crippen LogP contribution >= 0.6 is 11.5 Å². The number of rotatable bonds is 8. The summed E-state index contributed by atoms with van der Waals surface area (Å²) < 4.78 is 9.55. The van der Waals surface area contributed by atoms with Gasteiger partial charge in [0, 0.05) is 6.54 Å². The van der Waals surface area contributed by atoms with Crippen molar-refractivity contribution in [2.45, 2.75) is 26.7 Å². The van der Waals surface area contributed by atoms with Crippen molar-refractivity contribution in [3.05, 3.63) is 0 Å². The highest BCUT2D eigenvalue weighted by Crippen LogP contribution is 2.38. The summed E-state index contributed by atoms with van der Waals surface area (Å²) in [5, 5.41) is 0.779. The number of nitrogen functional groups attached to an aromatic ring is 1. The number of amides is 1. The first kappa shape index (κ1) is 14.6. The maximum absolute atomic E-state index is 11.1. The highest BCUT2D eigenvalue weighted by molar-refractivity contribution is 7.11. The molecule has 0 fully saturated rings. The maximum atomic E-state index is 11.1. The Morgan fingerprint density at radius 3 is 2.78 bits per heavy atom. The number of hydrogen-bond acceptors (Lipinski definition) is 6. The number of carbonyl (C=O) groups excluding carboxylic acids is 1. The van der Waals surface area contributed by atoms with Gasteiger partial charge in [0.15, 0.2) is 16.6 Å². The van der Waals surface area contributed by atoms with Crippen LogP contribution in [0, 0.1) is 0 Å². The van der Waals surface area contributed by atoms with Crippen molar-refractivity contribution in [1.29, 1.82) is 0 Å². The summed E-state index contributed by atoms with van der Waals surface area (Å²) in [4.78, 5) is 13.0. The van der Waals surface area contributed by atoms with E-state index in [0.717, 1.165) is 24.4 Å². The molecule has 18 heavy (non-hydrogen) atoms. The summed E-state index contributed by atoms with van der Waals surface area (Å²) >= 11 is 1.23. The Morgan fingerprint density at radius 2 is 2.22 bits per heavy atom. The molecule has 0 atom stereocenters. The van der Waals surface area contributed by atoms with Gasteiger partial charge in [-0.15, -0.1) is 0 Å². The predicted molar refractivity (Wildman–Crippen MR) is 74.0 cm³/mol. The minimum absolute atomic E-state index is 0.154. The molecule has 1 amide bonds. The van der Waals surface area contributed by atoms with E-state index in [2.05, 4.69) is 11.3 Å². The maximum Gasteiger partial charge on any atom is 0.236 e. The fraction of sp³-hybridized carbons (Fsp3) is 0.636. The minimum atomic E-state index is -0.375. The van der Waals surface area contributed by atoms with Crippen molar-refractivity contribution < 1.29 is 9.53 Å². The summed E-state index contributed by atoms with van der Waals surface area (Å²) in [5.74, 6) is 0.545. The molecule has 7 heteroatoms. The Kier molecular flexibility index (Phi) is 5.70. The van der Waals surface area contributed by atoms with Crippen LogP contribution in [0.4, 0.5) is 10.8 Å². The summed E-state index contributed by atoms with van der Waals surface area (Å²) in [5.41, 5.74) is 11.0. The van der Waals surface area contributed by atoms with E-state index in [1.807, 2.05) is 11.8 Å². The van der Waals surface area contributed by atoms with Gasteiger partial charge in [-0.25, -0.2) is 0 Å². The quantitative estimate of drug-likeness (QED) is 0.742. The van der Waals surface area contributed by atoms with E-state index in [1.165, 1.54) is 11.5 Å². The fourth-order valence-corrected chi connectivity index (χ4v) is 2.34. The van der Waals surface area contributed by atoms with E-state index in [9.17, 15) is 4.79 Å². The number of primary amides is 1. The second kappa shape index (κ2) is 7.05. The van der Waals surface area contributed by atoms with Crippen molar-refractivity contribution in [3.63, 3.8) is 0 Å². The minimum Gasteiger partial charge on any atom is -0.487 e. The Morgan fingerprint density at radius 1 is 1.50 bits per heavy atom. The lowest BCUT2D eigenvalue weighted by Crippen LogP contribution is -2.34. The molecule has 1 rings (SSSR count). The van der Waals surface area contributed by atoms with E-state index in [0.29, 0.717) is 18.2 Å². The van der Waals surface area contributed by atoms with Gasteiger partial charge in [-0.3, -0.25) is 4.79 Å². The molecule has 0 aliphatic rings. The first-order valence-electron chi connectivity index (χ1n) is 6.01. The van der Waals surface area contributed by atoms with Crippen molar-refractivity contribution in [2.24, 2.45) is 5.73 Å². The molecule has 1 heterocycles. The van der Waals surface area contributed by atoms with Crippen molar-refractivity contribution in [2.75, 3.05) is 30.3 Å². The molecule has 0 bridgehead atoms. The van der Waals surface area contributed by atoms with Crippen LogP contribution in [0.2, 0.25) is 0 Å². The van der Waals surface area contributed by atoms with Gasteiger partial charge in [0.25, 0.3) is 0 Å². The molecule has 0 saturated carbocycles. The first-order valence-corrected chi connectivity index (χ1v) is 6.78. The summed E-state index contributed by atoms with van der Waals surface area (Å²) in [6.07, 6.45) is 2.00. The second-order valence-electron chi connectivity index (χ2n) is 3.88. The van der Waals surface area contributed by atoms with Crippen molar-refractivity contribution in [3.8, 4) is 5.75 Å². The van der Waals surface area contributed by atoms with Gasteiger partial charge in [-0.2, -0.15) is 4.37 Å². The van der Waals surface area contributed by atoms with Crippen LogP contribution in [-0.4, -0.2) is 30.0 Å². The number of unbranched alkanes of at least 4 members (excludes halogenated alkanes) is 1. The highest BCUT2D eigenvalue weighted by atomic mass is 32.1.